The van der Waals surface area contributed by atoms with Crippen LogP contribution in [0.5, 0.6) is 0 Å². The number of likely N-dealkylation sites (tertiary alicyclic amines) is 2. The highest BCUT2D eigenvalue weighted by Crippen LogP contribution is 2.18. The topological polar surface area (TPSA) is 55.8 Å². The van der Waals surface area contributed by atoms with Gasteiger partial charge in [-0.1, -0.05) is 24.3 Å². The Bertz CT molecular complexity index is 555. The van der Waals surface area contributed by atoms with Crippen molar-refractivity contribution in [3.63, 3.8) is 0 Å². The molecule has 0 aromatic heterocycles. The molecule has 1 atom stereocenters. The molecule has 1 aromatic carbocycles. The molecular weight excluding hydrogens is 302 g/mol. The van der Waals surface area contributed by atoms with Crippen molar-refractivity contribution in [2.24, 2.45) is 5.92 Å². The molecule has 0 saturated carbocycles. The predicted molar refractivity (Wildman–Crippen MR) is 94.8 cm³/mol. The summed E-state index contributed by atoms with van der Waals surface area (Å²) in [5.41, 5.74) is 2.74. The average molecular weight is 331 g/mol. The minimum absolute atomic E-state index is 0.0447. The monoisotopic (exact) mass is 331 g/mol. The van der Waals surface area contributed by atoms with Gasteiger partial charge in [-0.3, -0.25) is 4.90 Å². The third-order valence-electron chi connectivity index (χ3n) is 5.40. The van der Waals surface area contributed by atoms with Crippen molar-refractivity contribution in [2.45, 2.75) is 38.8 Å². The van der Waals surface area contributed by atoms with Crippen LogP contribution < -0.4 is 5.32 Å². The van der Waals surface area contributed by atoms with E-state index in [4.69, 9.17) is 0 Å². The first kappa shape index (κ1) is 17.2. The summed E-state index contributed by atoms with van der Waals surface area (Å²) in [6.07, 6.45) is 2.93. The zero-order valence-corrected chi connectivity index (χ0v) is 14.6. The number of hydrogen-bond donors (Lipinski definition) is 2. The molecule has 2 saturated heterocycles. The number of aliphatic hydroxyl groups is 1. The molecule has 2 N–H and O–H groups in total. The van der Waals surface area contributed by atoms with Gasteiger partial charge in [0.2, 0.25) is 0 Å². The van der Waals surface area contributed by atoms with Crippen LogP contribution in [-0.2, 0) is 6.54 Å². The summed E-state index contributed by atoms with van der Waals surface area (Å²) in [5, 5.41) is 12.4. The van der Waals surface area contributed by atoms with Gasteiger partial charge in [0, 0.05) is 51.3 Å². The molecule has 0 bridgehead atoms. The van der Waals surface area contributed by atoms with Crippen LogP contribution in [0.1, 0.15) is 30.4 Å². The van der Waals surface area contributed by atoms with Gasteiger partial charge in [0.25, 0.3) is 0 Å². The van der Waals surface area contributed by atoms with Crippen molar-refractivity contribution in [3.8, 4) is 0 Å². The fraction of sp³-hybridized carbons (Fsp3) is 0.632. The van der Waals surface area contributed by atoms with Crippen LogP contribution in [0.15, 0.2) is 24.3 Å². The van der Waals surface area contributed by atoms with Crippen LogP contribution in [0, 0.1) is 12.8 Å². The maximum Gasteiger partial charge on any atom is 0.317 e. The molecule has 24 heavy (non-hydrogen) atoms. The second-order valence-electron chi connectivity index (χ2n) is 7.21. The van der Waals surface area contributed by atoms with Crippen molar-refractivity contribution in [1.82, 2.24) is 15.1 Å². The van der Waals surface area contributed by atoms with Crippen molar-refractivity contribution < 1.29 is 9.90 Å². The standard InChI is InChI=1S/C19H29N3O2/c1-15-4-2-3-5-17(15)13-21-9-7-18(8-10-21)20-19(24)22-11-6-16(12-22)14-23/h2-5,16,18,23H,6-14H2,1H3,(H,20,24). The van der Waals surface area contributed by atoms with Crippen molar-refractivity contribution in [2.75, 3.05) is 32.8 Å². The van der Waals surface area contributed by atoms with E-state index in [0.717, 1.165) is 45.4 Å². The van der Waals surface area contributed by atoms with Crippen LogP contribution in [0.25, 0.3) is 0 Å². The summed E-state index contributed by atoms with van der Waals surface area (Å²) in [6.45, 7) is 6.85. The van der Waals surface area contributed by atoms with Gasteiger partial charge in [0.15, 0.2) is 0 Å². The van der Waals surface area contributed by atoms with E-state index in [1.165, 1.54) is 11.1 Å². The fourth-order valence-corrected chi connectivity index (χ4v) is 3.70. The van der Waals surface area contributed by atoms with Gasteiger partial charge >= 0.3 is 6.03 Å². The Hall–Kier alpha value is -1.59. The molecular formula is C19H29N3O2. The lowest BCUT2D eigenvalue weighted by atomic mass is 10.0. The molecule has 2 amide bonds. The maximum atomic E-state index is 12.3. The summed E-state index contributed by atoms with van der Waals surface area (Å²) in [6, 6.07) is 8.87. The van der Waals surface area contributed by atoms with Crippen molar-refractivity contribution in [1.29, 1.82) is 0 Å². The van der Waals surface area contributed by atoms with E-state index >= 15 is 0 Å². The summed E-state index contributed by atoms with van der Waals surface area (Å²) in [7, 11) is 0. The molecule has 0 radical (unpaired) electrons. The van der Waals surface area contributed by atoms with Crippen LogP contribution in [0.3, 0.4) is 0 Å². The summed E-state index contributed by atoms with van der Waals surface area (Å²) in [4.78, 5) is 16.6. The van der Waals surface area contributed by atoms with Crippen LogP contribution in [0.4, 0.5) is 4.79 Å². The normalized spacial score (nSPS) is 22.8. The highest BCUT2D eigenvalue weighted by molar-refractivity contribution is 5.74. The number of aryl methyl sites for hydroxylation is 1. The molecule has 2 fully saturated rings. The fourth-order valence-electron chi connectivity index (χ4n) is 3.70. The SMILES string of the molecule is Cc1ccccc1CN1CCC(NC(=O)N2CCC(CO)C2)CC1. The minimum atomic E-state index is 0.0447. The molecule has 2 aliphatic rings. The largest absolute Gasteiger partial charge is 0.396 e. The third kappa shape index (κ3) is 4.28. The van der Waals surface area contributed by atoms with E-state index in [9.17, 15) is 9.90 Å². The lowest BCUT2D eigenvalue weighted by Gasteiger charge is -2.33. The molecule has 2 heterocycles. The highest BCUT2D eigenvalue weighted by Gasteiger charge is 2.28. The van der Waals surface area contributed by atoms with E-state index in [1.54, 1.807) is 0 Å². The predicted octanol–water partition coefficient (Wildman–Crippen LogP) is 1.98. The summed E-state index contributed by atoms with van der Waals surface area (Å²) in [5.74, 6) is 0.256. The molecule has 132 valence electrons. The molecule has 2 aliphatic heterocycles. The van der Waals surface area contributed by atoms with E-state index in [0.29, 0.717) is 6.54 Å². The number of nitrogens with zero attached hydrogens (tertiary/aromatic N) is 2. The molecule has 0 spiro atoms. The van der Waals surface area contributed by atoms with E-state index in [1.807, 2.05) is 4.90 Å². The number of urea groups is 1. The second kappa shape index (κ2) is 7.99. The highest BCUT2D eigenvalue weighted by atomic mass is 16.3. The number of hydrogen-bond acceptors (Lipinski definition) is 3. The number of carbonyl (C=O) groups excluding carboxylic acids is 1. The molecule has 5 nitrogen and oxygen atoms in total. The number of rotatable bonds is 4. The zero-order valence-electron chi connectivity index (χ0n) is 14.6. The minimum Gasteiger partial charge on any atom is -0.396 e. The van der Waals surface area contributed by atoms with Crippen molar-refractivity contribution >= 4 is 6.03 Å². The summed E-state index contributed by atoms with van der Waals surface area (Å²) >= 11 is 0. The summed E-state index contributed by atoms with van der Waals surface area (Å²) < 4.78 is 0. The van der Waals surface area contributed by atoms with Gasteiger partial charge in [0.05, 0.1) is 0 Å². The average Bonchev–Trinajstić information content (AvgIpc) is 3.08. The van der Waals surface area contributed by atoms with Crippen LogP contribution >= 0.6 is 0 Å². The van der Waals surface area contributed by atoms with Crippen LogP contribution in [-0.4, -0.2) is 59.8 Å². The van der Waals surface area contributed by atoms with Gasteiger partial charge in [-0.25, -0.2) is 4.79 Å². The number of amides is 2. The molecule has 1 unspecified atom stereocenters. The number of piperidine rings is 1. The Labute approximate surface area is 144 Å². The van der Waals surface area contributed by atoms with Gasteiger partial charge in [-0.15, -0.1) is 0 Å². The van der Waals surface area contributed by atoms with Gasteiger partial charge in [-0.05, 0) is 37.3 Å². The van der Waals surface area contributed by atoms with Gasteiger partial charge < -0.3 is 15.3 Å². The quantitative estimate of drug-likeness (QED) is 0.887. The second-order valence-corrected chi connectivity index (χ2v) is 7.21. The Morgan fingerprint density at radius 1 is 1.21 bits per heavy atom. The number of benzene rings is 1. The smallest absolute Gasteiger partial charge is 0.317 e. The Morgan fingerprint density at radius 3 is 2.62 bits per heavy atom. The maximum absolute atomic E-state index is 12.3. The van der Waals surface area contributed by atoms with E-state index in [-0.39, 0.29) is 24.6 Å². The number of nitrogens with one attached hydrogen (secondary N) is 1. The first-order valence-electron chi connectivity index (χ1n) is 9.09. The molecule has 3 rings (SSSR count). The number of carbonyl (C=O) groups is 1. The molecule has 1 aromatic rings. The molecule has 5 heteroatoms. The Kier molecular flexibility index (Phi) is 5.74. The Balaban J connectivity index is 1.42. The molecule has 0 aliphatic carbocycles. The first-order chi connectivity index (χ1) is 11.7. The van der Waals surface area contributed by atoms with Gasteiger partial charge in [0.1, 0.15) is 0 Å². The van der Waals surface area contributed by atoms with Gasteiger partial charge in [-0.2, -0.15) is 0 Å². The number of aliphatic hydroxyl groups excluding tert-OH is 1. The van der Waals surface area contributed by atoms with E-state index in [2.05, 4.69) is 41.4 Å². The Morgan fingerprint density at radius 2 is 1.96 bits per heavy atom. The van der Waals surface area contributed by atoms with E-state index < -0.39 is 0 Å². The van der Waals surface area contributed by atoms with Crippen LogP contribution in [0.2, 0.25) is 0 Å². The third-order valence-corrected chi connectivity index (χ3v) is 5.40. The lowest BCUT2D eigenvalue weighted by molar-refractivity contribution is 0.171. The van der Waals surface area contributed by atoms with Crippen molar-refractivity contribution in [3.05, 3.63) is 35.4 Å². The zero-order chi connectivity index (χ0) is 16.9. The first-order valence-corrected chi connectivity index (χ1v) is 9.09. The lowest BCUT2D eigenvalue weighted by Crippen LogP contribution is -2.48.